The molecule has 0 fully saturated rings. The summed E-state index contributed by atoms with van der Waals surface area (Å²) in [5, 5.41) is 18.9. The van der Waals surface area contributed by atoms with Crippen molar-refractivity contribution in [3.63, 3.8) is 0 Å². The Hall–Kier alpha value is -0.380. The first-order chi connectivity index (χ1) is 8.31. The van der Waals surface area contributed by atoms with Crippen LogP contribution in [0.25, 0.3) is 0 Å². The zero-order valence-corrected chi connectivity index (χ0v) is 12.7. The molecule has 0 bridgehead atoms. The van der Waals surface area contributed by atoms with E-state index in [0.717, 1.165) is 19.4 Å². The third-order valence-electron chi connectivity index (χ3n) is 2.83. The molecule has 0 amide bonds. The molecule has 0 aliphatic heterocycles. The molecule has 0 aromatic carbocycles. The van der Waals surface area contributed by atoms with Crippen molar-refractivity contribution in [2.24, 2.45) is 5.92 Å². The fourth-order valence-corrected chi connectivity index (χ4v) is 2.16. The van der Waals surface area contributed by atoms with Crippen LogP contribution >= 0.6 is 0 Å². The van der Waals surface area contributed by atoms with Crippen LogP contribution in [0, 0.1) is 5.92 Å². The summed E-state index contributed by atoms with van der Waals surface area (Å²) in [6, 6.07) is 0. The number of nitrogens with zero attached hydrogens (tertiary/aromatic N) is 1. The van der Waals surface area contributed by atoms with Crippen LogP contribution in [0.2, 0.25) is 0 Å². The Balaban J connectivity index is 4.08. The van der Waals surface area contributed by atoms with E-state index in [-0.39, 0.29) is 12.2 Å². The molecule has 0 aliphatic carbocycles. The summed E-state index contributed by atoms with van der Waals surface area (Å²) in [6.45, 7) is 12.3. The average Bonchev–Trinajstić information content (AvgIpc) is 2.13. The van der Waals surface area contributed by atoms with Crippen LogP contribution in [-0.4, -0.2) is 47.0 Å². The van der Waals surface area contributed by atoms with Crippen LogP contribution in [0.15, 0.2) is 11.6 Å². The van der Waals surface area contributed by atoms with Crippen LogP contribution in [0.1, 0.15) is 47.5 Å². The van der Waals surface area contributed by atoms with E-state index >= 15 is 0 Å². The summed E-state index contributed by atoms with van der Waals surface area (Å²) in [4.78, 5) is 2.16. The molecule has 0 unspecified atom stereocenters. The van der Waals surface area contributed by atoms with Crippen molar-refractivity contribution < 1.29 is 10.2 Å². The van der Waals surface area contributed by atoms with Crippen LogP contribution in [0.3, 0.4) is 0 Å². The van der Waals surface area contributed by atoms with Crippen molar-refractivity contribution in [2.45, 2.75) is 59.7 Å². The fraction of sp³-hybridized carbons (Fsp3) is 0.867. The first kappa shape index (κ1) is 17.6. The second-order valence-corrected chi connectivity index (χ2v) is 5.88. The standard InChI is InChI=1S/C15H31NO2/c1-12(2)7-6-8-13(3)9-16(10-14(4)17)11-15(5)18/h7,13-15,17-18H,6,8-11H2,1-5H3/t13-,14+,15+/m0/s1. The van der Waals surface area contributed by atoms with E-state index in [9.17, 15) is 10.2 Å². The van der Waals surface area contributed by atoms with Gasteiger partial charge >= 0.3 is 0 Å². The molecule has 0 saturated carbocycles. The van der Waals surface area contributed by atoms with Gasteiger partial charge in [0.2, 0.25) is 0 Å². The minimum atomic E-state index is -0.339. The van der Waals surface area contributed by atoms with Gasteiger partial charge in [0.25, 0.3) is 0 Å². The molecular formula is C15H31NO2. The van der Waals surface area contributed by atoms with E-state index in [4.69, 9.17) is 0 Å². The van der Waals surface area contributed by atoms with E-state index < -0.39 is 0 Å². The zero-order chi connectivity index (χ0) is 14.1. The Labute approximate surface area is 113 Å². The van der Waals surface area contributed by atoms with E-state index in [1.807, 2.05) is 0 Å². The minimum absolute atomic E-state index is 0.339. The average molecular weight is 257 g/mol. The van der Waals surface area contributed by atoms with E-state index in [1.165, 1.54) is 5.57 Å². The van der Waals surface area contributed by atoms with Gasteiger partial charge in [0.15, 0.2) is 0 Å². The lowest BCUT2D eigenvalue weighted by atomic mass is 10.0. The zero-order valence-electron chi connectivity index (χ0n) is 12.7. The van der Waals surface area contributed by atoms with E-state index in [0.29, 0.717) is 19.0 Å². The summed E-state index contributed by atoms with van der Waals surface area (Å²) in [7, 11) is 0. The lowest BCUT2D eigenvalue weighted by Crippen LogP contribution is -2.39. The Morgan fingerprint density at radius 3 is 1.89 bits per heavy atom. The maximum absolute atomic E-state index is 9.46. The van der Waals surface area contributed by atoms with Gasteiger partial charge in [-0.1, -0.05) is 18.6 Å². The molecule has 108 valence electrons. The summed E-state index contributed by atoms with van der Waals surface area (Å²) in [6.07, 6.45) is 3.86. The van der Waals surface area contributed by atoms with Gasteiger partial charge in [-0.3, -0.25) is 4.90 Å². The van der Waals surface area contributed by atoms with Crippen molar-refractivity contribution in [3.05, 3.63) is 11.6 Å². The first-order valence-electron chi connectivity index (χ1n) is 7.03. The van der Waals surface area contributed by atoms with Gasteiger partial charge in [-0.2, -0.15) is 0 Å². The highest BCUT2D eigenvalue weighted by Crippen LogP contribution is 2.10. The summed E-state index contributed by atoms with van der Waals surface area (Å²) < 4.78 is 0. The third-order valence-corrected chi connectivity index (χ3v) is 2.83. The van der Waals surface area contributed by atoms with Crippen molar-refractivity contribution in [1.29, 1.82) is 0 Å². The highest BCUT2D eigenvalue weighted by atomic mass is 16.3. The van der Waals surface area contributed by atoms with Gasteiger partial charge < -0.3 is 10.2 Å². The molecule has 0 aromatic rings. The Kier molecular flexibility index (Phi) is 9.34. The van der Waals surface area contributed by atoms with Gasteiger partial charge in [-0.15, -0.1) is 0 Å². The number of aliphatic hydroxyl groups excluding tert-OH is 2. The SMILES string of the molecule is CC(C)=CCC[C@H](C)CN(C[C@@H](C)O)C[C@@H](C)O. The number of aliphatic hydroxyl groups is 2. The lowest BCUT2D eigenvalue weighted by Gasteiger charge is -2.27. The van der Waals surface area contributed by atoms with Crippen LogP contribution in [-0.2, 0) is 0 Å². The minimum Gasteiger partial charge on any atom is -0.392 e. The largest absolute Gasteiger partial charge is 0.392 e. The van der Waals surface area contributed by atoms with Crippen LogP contribution in [0.5, 0.6) is 0 Å². The number of allylic oxidation sites excluding steroid dienone is 2. The molecule has 0 aliphatic rings. The fourth-order valence-electron chi connectivity index (χ4n) is 2.16. The predicted octanol–water partition coefficient (Wildman–Crippen LogP) is 2.43. The van der Waals surface area contributed by atoms with Gasteiger partial charge in [-0.05, 0) is 46.5 Å². The second-order valence-electron chi connectivity index (χ2n) is 5.88. The van der Waals surface area contributed by atoms with Crippen molar-refractivity contribution >= 4 is 0 Å². The summed E-state index contributed by atoms with van der Waals surface area (Å²) in [5.41, 5.74) is 1.37. The van der Waals surface area contributed by atoms with Crippen molar-refractivity contribution in [1.82, 2.24) is 4.90 Å². The quantitative estimate of drug-likeness (QED) is 0.624. The number of hydrogen-bond acceptors (Lipinski definition) is 3. The second kappa shape index (κ2) is 9.54. The van der Waals surface area contributed by atoms with Gasteiger partial charge in [-0.25, -0.2) is 0 Å². The Morgan fingerprint density at radius 1 is 1.00 bits per heavy atom. The molecular weight excluding hydrogens is 226 g/mol. The smallest absolute Gasteiger partial charge is 0.0639 e. The molecule has 0 radical (unpaired) electrons. The van der Waals surface area contributed by atoms with E-state index in [1.54, 1.807) is 13.8 Å². The first-order valence-corrected chi connectivity index (χ1v) is 7.03. The summed E-state index contributed by atoms with van der Waals surface area (Å²) in [5.74, 6) is 0.582. The number of rotatable bonds is 9. The van der Waals surface area contributed by atoms with Gasteiger partial charge in [0.1, 0.15) is 0 Å². The Morgan fingerprint density at radius 2 is 1.50 bits per heavy atom. The molecule has 0 rings (SSSR count). The van der Waals surface area contributed by atoms with Gasteiger partial charge in [0, 0.05) is 19.6 Å². The molecule has 0 heterocycles. The van der Waals surface area contributed by atoms with E-state index in [2.05, 4.69) is 31.7 Å². The molecule has 18 heavy (non-hydrogen) atoms. The highest BCUT2D eigenvalue weighted by molar-refractivity contribution is 4.92. The lowest BCUT2D eigenvalue weighted by molar-refractivity contribution is 0.0747. The van der Waals surface area contributed by atoms with Crippen molar-refractivity contribution in [3.8, 4) is 0 Å². The molecule has 3 nitrogen and oxygen atoms in total. The molecule has 2 N–H and O–H groups in total. The monoisotopic (exact) mass is 257 g/mol. The van der Waals surface area contributed by atoms with Crippen LogP contribution in [0.4, 0.5) is 0 Å². The van der Waals surface area contributed by atoms with Gasteiger partial charge in [0.05, 0.1) is 12.2 Å². The maximum atomic E-state index is 9.46. The predicted molar refractivity (Wildman–Crippen MR) is 77.6 cm³/mol. The third kappa shape index (κ3) is 10.8. The molecule has 0 saturated heterocycles. The molecule has 0 spiro atoms. The Bertz CT molecular complexity index is 223. The molecule has 3 heteroatoms. The maximum Gasteiger partial charge on any atom is 0.0639 e. The molecule has 3 atom stereocenters. The number of hydrogen-bond donors (Lipinski definition) is 2. The topological polar surface area (TPSA) is 43.7 Å². The summed E-state index contributed by atoms with van der Waals surface area (Å²) >= 11 is 0. The highest BCUT2D eigenvalue weighted by Gasteiger charge is 2.14. The normalized spacial score (nSPS) is 16.4. The van der Waals surface area contributed by atoms with Crippen molar-refractivity contribution in [2.75, 3.05) is 19.6 Å². The van der Waals surface area contributed by atoms with Crippen LogP contribution < -0.4 is 0 Å². The molecule has 0 aromatic heterocycles.